The predicted octanol–water partition coefficient (Wildman–Crippen LogP) is 3.24. The van der Waals surface area contributed by atoms with Crippen LogP contribution >= 0.6 is 11.6 Å². The zero-order chi connectivity index (χ0) is 17.8. The highest BCUT2D eigenvalue weighted by molar-refractivity contribution is 6.32. The van der Waals surface area contributed by atoms with Gasteiger partial charge in [0.1, 0.15) is 12.4 Å². The summed E-state index contributed by atoms with van der Waals surface area (Å²) in [5.74, 6) is -0.0328. The quantitative estimate of drug-likeness (QED) is 0.768. The van der Waals surface area contributed by atoms with Gasteiger partial charge in [-0.3, -0.25) is 0 Å². The molecule has 132 valence electrons. The fourth-order valence-electron chi connectivity index (χ4n) is 2.23. The van der Waals surface area contributed by atoms with Gasteiger partial charge in [0.2, 0.25) is 5.76 Å². The first-order valence-corrected chi connectivity index (χ1v) is 7.89. The van der Waals surface area contributed by atoms with Gasteiger partial charge in [-0.25, -0.2) is 9.59 Å². The highest BCUT2D eigenvalue weighted by Gasteiger charge is 2.20. The van der Waals surface area contributed by atoms with Crippen molar-refractivity contribution in [2.75, 3.05) is 20.3 Å². The minimum atomic E-state index is -0.604. The van der Waals surface area contributed by atoms with Gasteiger partial charge in [0.25, 0.3) is 0 Å². The van der Waals surface area contributed by atoms with E-state index in [1.807, 2.05) is 0 Å². The lowest BCUT2D eigenvalue weighted by Crippen LogP contribution is -2.06. The zero-order valence-electron chi connectivity index (χ0n) is 13.4. The number of rotatable bonds is 4. The summed E-state index contributed by atoms with van der Waals surface area (Å²) in [4.78, 5) is 23.6. The number of halogens is 1. The Kier molecular flexibility index (Phi) is 5.14. The maximum atomic E-state index is 12.2. The highest BCUT2D eigenvalue weighted by Crippen LogP contribution is 2.38. The van der Waals surface area contributed by atoms with Crippen LogP contribution in [-0.2, 0) is 16.1 Å². The first-order chi connectivity index (χ1) is 12.1. The van der Waals surface area contributed by atoms with Crippen LogP contribution < -0.4 is 9.47 Å². The van der Waals surface area contributed by atoms with Crippen LogP contribution in [0.3, 0.4) is 0 Å². The van der Waals surface area contributed by atoms with E-state index in [9.17, 15) is 9.59 Å². The summed E-state index contributed by atoms with van der Waals surface area (Å²) in [5, 5.41) is 0.275. The summed E-state index contributed by atoms with van der Waals surface area (Å²) in [7, 11) is 1.25. The van der Waals surface area contributed by atoms with Gasteiger partial charge in [-0.1, -0.05) is 11.6 Å². The molecule has 25 heavy (non-hydrogen) atoms. The maximum absolute atomic E-state index is 12.2. The summed E-state index contributed by atoms with van der Waals surface area (Å²) in [5.41, 5.74) is 0.231. The molecule has 0 unspecified atom stereocenters. The van der Waals surface area contributed by atoms with Crippen LogP contribution in [0.5, 0.6) is 11.5 Å². The Morgan fingerprint density at radius 2 is 1.96 bits per heavy atom. The molecular weight excluding hydrogens is 352 g/mol. The van der Waals surface area contributed by atoms with Crippen LogP contribution in [0.2, 0.25) is 5.02 Å². The summed E-state index contributed by atoms with van der Waals surface area (Å²) in [6, 6.07) is 5.95. The van der Waals surface area contributed by atoms with E-state index in [0.29, 0.717) is 30.5 Å². The summed E-state index contributed by atoms with van der Waals surface area (Å²) >= 11 is 6.15. The van der Waals surface area contributed by atoms with Gasteiger partial charge in [-0.05, 0) is 24.3 Å². The fraction of sp³-hybridized carbons (Fsp3) is 0.294. The second kappa shape index (κ2) is 7.48. The van der Waals surface area contributed by atoms with Crippen LogP contribution in [-0.4, -0.2) is 32.3 Å². The third-order valence-electron chi connectivity index (χ3n) is 3.43. The first kappa shape index (κ1) is 17.2. The average Bonchev–Trinajstić information content (AvgIpc) is 2.96. The number of fused-ring (bicyclic) bond motifs is 1. The van der Waals surface area contributed by atoms with E-state index < -0.39 is 11.9 Å². The maximum Gasteiger partial charge on any atom is 0.373 e. The number of benzene rings is 1. The number of furan rings is 1. The van der Waals surface area contributed by atoms with E-state index in [1.54, 1.807) is 0 Å². The largest absolute Gasteiger partial charge is 0.489 e. The fourth-order valence-corrected chi connectivity index (χ4v) is 2.50. The molecule has 0 N–H and O–H groups in total. The van der Waals surface area contributed by atoms with Gasteiger partial charge in [-0.15, -0.1) is 0 Å². The number of esters is 2. The van der Waals surface area contributed by atoms with Crippen molar-refractivity contribution in [3.05, 3.63) is 46.4 Å². The monoisotopic (exact) mass is 366 g/mol. The molecule has 0 amide bonds. The molecule has 0 fully saturated rings. The highest BCUT2D eigenvalue weighted by atomic mass is 35.5. The van der Waals surface area contributed by atoms with Crippen molar-refractivity contribution in [3.8, 4) is 11.5 Å². The Balaban J connectivity index is 1.69. The molecule has 1 aliphatic rings. The second-order valence-corrected chi connectivity index (χ2v) is 5.58. The predicted molar refractivity (Wildman–Crippen MR) is 86.2 cm³/mol. The molecule has 2 heterocycles. The van der Waals surface area contributed by atoms with Gasteiger partial charge in [0, 0.05) is 6.42 Å². The Labute approximate surface area is 148 Å². The Morgan fingerprint density at radius 3 is 2.76 bits per heavy atom. The lowest BCUT2D eigenvalue weighted by atomic mass is 10.2. The van der Waals surface area contributed by atoms with E-state index in [-0.39, 0.29) is 23.0 Å². The van der Waals surface area contributed by atoms with Crippen LogP contribution in [0.1, 0.15) is 33.1 Å². The molecule has 0 atom stereocenters. The minimum Gasteiger partial charge on any atom is -0.489 e. The van der Waals surface area contributed by atoms with Crippen LogP contribution in [0, 0.1) is 0 Å². The molecule has 0 saturated heterocycles. The first-order valence-electron chi connectivity index (χ1n) is 7.52. The van der Waals surface area contributed by atoms with Crippen molar-refractivity contribution in [1.29, 1.82) is 0 Å². The molecule has 1 aliphatic heterocycles. The minimum absolute atomic E-state index is 0.0344. The molecule has 2 aromatic rings. The standard InChI is InChI=1S/C17H15ClO7/c1-21-17(20)13-4-3-11(25-13)9-24-16(19)10-7-12(18)15-14(8-10)22-5-2-6-23-15/h3-4,7-8H,2,5-6,9H2,1H3. The third-order valence-corrected chi connectivity index (χ3v) is 3.71. The molecule has 3 rings (SSSR count). The Bertz CT molecular complexity index is 796. The van der Waals surface area contributed by atoms with Crippen LogP contribution in [0.15, 0.2) is 28.7 Å². The van der Waals surface area contributed by atoms with E-state index in [2.05, 4.69) is 4.74 Å². The molecule has 8 heteroatoms. The molecular formula is C17H15ClO7. The Morgan fingerprint density at radius 1 is 1.16 bits per heavy atom. The van der Waals surface area contributed by atoms with E-state index in [4.69, 9.17) is 30.2 Å². The van der Waals surface area contributed by atoms with E-state index in [1.165, 1.54) is 31.4 Å². The topological polar surface area (TPSA) is 84.2 Å². The summed E-state index contributed by atoms with van der Waals surface area (Å²) in [6.07, 6.45) is 0.728. The van der Waals surface area contributed by atoms with Gasteiger partial charge in [0.05, 0.1) is 30.9 Å². The van der Waals surface area contributed by atoms with Crippen molar-refractivity contribution in [2.45, 2.75) is 13.0 Å². The molecule has 0 aliphatic carbocycles. The van der Waals surface area contributed by atoms with Crippen molar-refractivity contribution in [1.82, 2.24) is 0 Å². The molecule has 7 nitrogen and oxygen atoms in total. The average molecular weight is 367 g/mol. The molecule has 0 spiro atoms. The van der Waals surface area contributed by atoms with Crippen molar-refractivity contribution < 1.29 is 33.0 Å². The number of carbonyl (C=O) groups excluding carboxylic acids is 2. The van der Waals surface area contributed by atoms with Gasteiger partial charge >= 0.3 is 11.9 Å². The summed E-state index contributed by atoms with van der Waals surface area (Å²) in [6.45, 7) is 0.837. The molecule has 0 bridgehead atoms. The zero-order valence-corrected chi connectivity index (χ0v) is 14.1. The van der Waals surface area contributed by atoms with Gasteiger partial charge in [0.15, 0.2) is 11.5 Å². The number of hydrogen-bond acceptors (Lipinski definition) is 7. The van der Waals surface area contributed by atoms with Crippen LogP contribution in [0.25, 0.3) is 0 Å². The second-order valence-electron chi connectivity index (χ2n) is 5.17. The Hall–Kier alpha value is -2.67. The van der Waals surface area contributed by atoms with E-state index >= 15 is 0 Å². The van der Waals surface area contributed by atoms with Crippen molar-refractivity contribution in [2.24, 2.45) is 0 Å². The lowest BCUT2D eigenvalue weighted by molar-refractivity contribution is 0.0438. The normalized spacial score (nSPS) is 13.0. The van der Waals surface area contributed by atoms with Crippen molar-refractivity contribution >= 4 is 23.5 Å². The summed E-state index contributed by atoms with van der Waals surface area (Å²) < 4.78 is 26.0. The molecule has 0 radical (unpaired) electrons. The van der Waals surface area contributed by atoms with Gasteiger partial charge < -0.3 is 23.4 Å². The third kappa shape index (κ3) is 3.88. The number of methoxy groups -OCH3 is 1. The van der Waals surface area contributed by atoms with Crippen molar-refractivity contribution in [3.63, 3.8) is 0 Å². The van der Waals surface area contributed by atoms with E-state index in [0.717, 1.165) is 6.42 Å². The van der Waals surface area contributed by atoms with Gasteiger partial charge in [-0.2, -0.15) is 0 Å². The molecule has 1 aromatic carbocycles. The number of hydrogen-bond donors (Lipinski definition) is 0. The molecule has 1 aromatic heterocycles. The lowest BCUT2D eigenvalue weighted by Gasteiger charge is -2.11. The molecule has 0 saturated carbocycles. The van der Waals surface area contributed by atoms with Crippen LogP contribution in [0.4, 0.5) is 0 Å². The SMILES string of the molecule is COC(=O)c1ccc(COC(=O)c2cc(Cl)c3c(c2)OCCCO3)o1. The smallest absolute Gasteiger partial charge is 0.373 e. The number of ether oxygens (including phenoxy) is 4. The number of carbonyl (C=O) groups is 2.